The van der Waals surface area contributed by atoms with Crippen molar-refractivity contribution in [1.82, 2.24) is 4.98 Å². The zero-order chi connectivity index (χ0) is 19.0. The SMILES string of the molecule is CCCCCCCC[Si](C)(C)c1cc(S(=O)(=O)c2ccccc2)ccn1. The second kappa shape index (κ2) is 9.47. The van der Waals surface area contributed by atoms with E-state index < -0.39 is 17.9 Å². The van der Waals surface area contributed by atoms with Gasteiger partial charge in [-0.25, -0.2) is 8.42 Å². The molecule has 1 aromatic heterocycles. The molecule has 0 aliphatic carbocycles. The van der Waals surface area contributed by atoms with E-state index in [1.807, 2.05) is 12.1 Å². The average Bonchev–Trinajstić information content (AvgIpc) is 2.65. The Balaban J connectivity index is 2.10. The van der Waals surface area contributed by atoms with E-state index in [0.717, 1.165) is 11.4 Å². The highest BCUT2D eigenvalue weighted by atomic mass is 32.2. The van der Waals surface area contributed by atoms with Gasteiger partial charge in [-0.15, -0.1) is 0 Å². The third-order valence-corrected chi connectivity index (χ3v) is 9.98. The van der Waals surface area contributed by atoms with E-state index >= 15 is 0 Å². The van der Waals surface area contributed by atoms with Crippen molar-refractivity contribution in [3.05, 3.63) is 48.7 Å². The van der Waals surface area contributed by atoms with Crippen molar-refractivity contribution in [1.29, 1.82) is 0 Å². The number of unbranched alkanes of at least 4 members (excludes halogenated alkanes) is 5. The zero-order valence-electron chi connectivity index (χ0n) is 16.2. The molecule has 26 heavy (non-hydrogen) atoms. The Morgan fingerprint density at radius 2 is 1.54 bits per heavy atom. The van der Waals surface area contributed by atoms with Gasteiger partial charge in [0.25, 0.3) is 0 Å². The number of hydrogen-bond acceptors (Lipinski definition) is 3. The van der Waals surface area contributed by atoms with Crippen molar-refractivity contribution in [2.24, 2.45) is 0 Å². The minimum absolute atomic E-state index is 0.340. The summed E-state index contributed by atoms with van der Waals surface area (Å²) in [5, 5.41) is 0.989. The van der Waals surface area contributed by atoms with E-state index in [1.165, 1.54) is 38.5 Å². The van der Waals surface area contributed by atoms with E-state index in [-0.39, 0.29) is 0 Å². The van der Waals surface area contributed by atoms with Crippen LogP contribution in [0.1, 0.15) is 45.4 Å². The molecule has 0 bridgehead atoms. The lowest BCUT2D eigenvalue weighted by molar-refractivity contribution is 0.596. The van der Waals surface area contributed by atoms with E-state index in [2.05, 4.69) is 25.0 Å². The van der Waals surface area contributed by atoms with Crippen LogP contribution >= 0.6 is 0 Å². The van der Waals surface area contributed by atoms with E-state index in [0.29, 0.717) is 9.79 Å². The van der Waals surface area contributed by atoms with Crippen LogP contribution in [-0.2, 0) is 9.84 Å². The summed E-state index contributed by atoms with van der Waals surface area (Å²) in [7, 11) is -5.21. The van der Waals surface area contributed by atoms with Crippen LogP contribution in [0.5, 0.6) is 0 Å². The van der Waals surface area contributed by atoms with Gasteiger partial charge < -0.3 is 0 Å². The molecule has 1 heterocycles. The maximum absolute atomic E-state index is 12.9. The Labute approximate surface area is 159 Å². The summed E-state index contributed by atoms with van der Waals surface area (Å²) in [5.41, 5.74) is 0. The van der Waals surface area contributed by atoms with Crippen LogP contribution in [0.15, 0.2) is 58.5 Å². The molecule has 0 saturated carbocycles. The second-order valence-electron chi connectivity index (χ2n) is 7.59. The topological polar surface area (TPSA) is 47.0 Å². The Kier molecular flexibility index (Phi) is 7.59. The first-order valence-electron chi connectivity index (χ1n) is 9.64. The molecule has 1 aromatic carbocycles. The predicted molar refractivity (Wildman–Crippen MR) is 111 cm³/mol. The van der Waals surface area contributed by atoms with Crippen molar-refractivity contribution >= 4 is 23.2 Å². The number of nitrogens with zero attached hydrogens (tertiary/aromatic N) is 1. The van der Waals surface area contributed by atoms with Gasteiger partial charge in [-0.1, -0.05) is 82.8 Å². The molecule has 0 aliphatic rings. The average molecular weight is 390 g/mol. The van der Waals surface area contributed by atoms with Gasteiger partial charge >= 0.3 is 0 Å². The van der Waals surface area contributed by atoms with E-state index in [1.54, 1.807) is 36.5 Å². The number of hydrogen-bond donors (Lipinski definition) is 0. The standard InChI is InChI=1S/C21H31NO2SSi/c1-4-5-6-7-8-12-17-26(2,3)21-18-20(15-16-22-21)25(23,24)19-13-10-9-11-14-19/h9-11,13-16,18H,4-8,12,17H2,1-3H3. The summed E-state index contributed by atoms with van der Waals surface area (Å²) in [5.74, 6) is 0. The van der Waals surface area contributed by atoms with E-state index in [9.17, 15) is 8.42 Å². The highest BCUT2D eigenvalue weighted by molar-refractivity contribution is 7.91. The largest absolute Gasteiger partial charge is 0.266 e. The number of rotatable bonds is 10. The van der Waals surface area contributed by atoms with Gasteiger partial charge in [0.1, 0.15) is 8.07 Å². The second-order valence-corrected chi connectivity index (χ2v) is 14.3. The Hall–Kier alpha value is -1.46. The maximum atomic E-state index is 12.9. The van der Waals surface area contributed by atoms with Crippen LogP contribution in [0.2, 0.25) is 19.1 Å². The first-order valence-corrected chi connectivity index (χ1v) is 14.3. The summed E-state index contributed by atoms with van der Waals surface area (Å²) in [6.45, 7) is 6.82. The zero-order valence-corrected chi connectivity index (χ0v) is 18.1. The fraction of sp³-hybridized carbons (Fsp3) is 0.476. The molecule has 142 valence electrons. The molecule has 0 amide bonds. The Morgan fingerprint density at radius 3 is 2.23 bits per heavy atom. The third kappa shape index (κ3) is 5.51. The molecule has 0 aliphatic heterocycles. The van der Waals surface area contributed by atoms with Crippen molar-refractivity contribution < 1.29 is 8.42 Å². The molecule has 3 nitrogen and oxygen atoms in total. The van der Waals surface area contributed by atoms with Crippen molar-refractivity contribution in [2.75, 3.05) is 0 Å². The van der Waals surface area contributed by atoms with Gasteiger partial charge in [0.15, 0.2) is 0 Å². The lowest BCUT2D eigenvalue weighted by Gasteiger charge is -2.22. The minimum Gasteiger partial charge on any atom is -0.266 e. The number of aromatic nitrogens is 1. The monoisotopic (exact) mass is 389 g/mol. The lowest BCUT2D eigenvalue weighted by atomic mass is 10.1. The molecule has 0 spiro atoms. The molecule has 2 aromatic rings. The molecule has 0 radical (unpaired) electrons. The fourth-order valence-electron chi connectivity index (χ4n) is 3.16. The van der Waals surface area contributed by atoms with Crippen LogP contribution in [0.3, 0.4) is 0 Å². The smallest absolute Gasteiger partial charge is 0.206 e. The van der Waals surface area contributed by atoms with Crippen LogP contribution in [0.25, 0.3) is 0 Å². The highest BCUT2D eigenvalue weighted by Gasteiger charge is 2.27. The summed E-state index contributed by atoms with van der Waals surface area (Å²) in [6.07, 6.45) is 9.34. The predicted octanol–water partition coefficient (Wildman–Crippen LogP) is 5.19. The highest BCUT2D eigenvalue weighted by Crippen LogP contribution is 2.21. The quantitative estimate of drug-likeness (QED) is 0.415. The Bertz CT molecular complexity index is 789. The van der Waals surface area contributed by atoms with Crippen LogP contribution in [-0.4, -0.2) is 21.5 Å². The fourth-order valence-corrected chi connectivity index (χ4v) is 6.92. The summed E-state index contributed by atoms with van der Waals surface area (Å²) in [4.78, 5) is 5.24. The van der Waals surface area contributed by atoms with Gasteiger partial charge in [-0.2, -0.15) is 0 Å². The summed E-state index contributed by atoms with van der Waals surface area (Å²) in [6, 6.07) is 13.2. The van der Waals surface area contributed by atoms with Crippen molar-refractivity contribution in [3.63, 3.8) is 0 Å². The van der Waals surface area contributed by atoms with Gasteiger partial charge in [-0.3, -0.25) is 4.98 Å². The molecule has 0 N–H and O–H groups in total. The molecule has 0 atom stereocenters. The number of pyridine rings is 1. The third-order valence-electron chi connectivity index (χ3n) is 4.94. The van der Waals surface area contributed by atoms with Crippen LogP contribution < -0.4 is 5.32 Å². The van der Waals surface area contributed by atoms with Gasteiger partial charge in [-0.05, 0) is 24.3 Å². The summed E-state index contributed by atoms with van der Waals surface area (Å²) < 4.78 is 25.7. The first kappa shape index (κ1) is 20.8. The normalized spacial score (nSPS) is 12.3. The van der Waals surface area contributed by atoms with Gasteiger partial charge in [0.2, 0.25) is 9.84 Å². The van der Waals surface area contributed by atoms with Crippen molar-refractivity contribution in [2.45, 2.75) is 74.4 Å². The molecule has 2 rings (SSSR count). The van der Waals surface area contributed by atoms with Crippen LogP contribution in [0.4, 0.5) is 0 Å². The molecule has 0 fully saturated rings. The minimum atomic E-state index is -3.47. The molecular formula is C21H31NO2SSi. The lowest BCUT2D eigenvalue weighted by Crippen LogP contribution is -2.43. The van der Waals surface area contributed by atoms with Gasteiger partial charge in [0.05, 0.1) is 9.79 Å². The molecule has 0 unspecified atom stereocenters. The van der Waals surface area contributed by atoms with Crippen LogP contribution in [0, 0.1) is 0 Å². The summed E-state index contributed by atoms with van der Waals surface area (Å²) >= 11 is 0. The number of benzene rings is 1. The van der Waals surface area contributed by atoms with Gasteiger partial charge in [0, 0.05) is 11.5 Å². The molecule has 5 heteroatoms. The first-order chi connectivity index (χ1) is 12.4. The maximum Gasteiger partial charge on any atom is 0.206 e. The molecule has 0 saturated heterocycles. The Morgan fingerprint density at radius 1 is 0.885 bits per heavy atom. The van der Waals surface area contributed by atoms with Crippen molar-refractivity contribution in [3.8, 4) is 0 Å². The molecular weight excluding hydrogens is 358 g/mol. The van der Waals surface area contributed by atoms with E-state index in [4.69, 9.17) is 0 Å². The number of sulfone groups is 1.